The molecule has 30 nitrogen and oxygen atoms in total. The number of esters is 1. The van der Waals surface area contributed by atoms with Crippen molar-refractivity contribution < 1.29 is 77.4 Å². The Morgan fingerprint density at radius 2 is 1.07 bits per heavy atom. The van der Waals surface area contributed by atoms with E-state index in [0.29, 0.717) is 24.8 Å². The summed E-state index contributed by atoms with van der Waals surface area (Å²) in [6.07, 6.45) is -1.10. The largest absolute Gasteiger partial charge is 0.458 e. The third kappa shape index (κ3) is 23.3. The second kappa shape index (κ2) is 37.5. The Bertz CT molecular complexity index is 2850. The van der Waals surface area contributed by atoms with Gasteiger partial charge in [-0.3, -0.25) is 62.9 Å². The van der Waals surface area contributed by atoms with Crippen LogP contribution in [0.4, 0.5) is 5.69 Å². The molecule has 2 aromatic rings. The maximum Gasteiger partial charge on any atom is 0.329 e. The molecule has 15 N–H and O–H groups in total. The summed E-state index contributed by atoms with van der Waals surface area (Å²) in [5.74, 6) is -13.7. The summed E-state index contributed by atoms with van der Waals surface area (Å²) < 4.78 is 5.72. The highest BCUT2D eigenvalue weighted by molar-refractivity contribution is 5.99. The number of ether oxygens (including phenoxy) is 1. The number of nitro benzene ring substituents is 1. The van der Waals surface area contributed by atoms with Gasteiger partial charge in [0.2, 0.25) is 65.0 Å². The zero-order valence-electron chi connectivity index (χ0n) is 53.5. The number of likely N-dealkylation sites (N-methyl/N-ethyl adjacent to an activating group) is 1. The summed E-state index contributed by atoms with van der Waals surface area (Å²) in [5.41, 5.74) is 6.48. The van der Waals surface area contributed by atoms with Crippen molar-refractivity contribution >= 4 is 76.6 Å². The fourth-order valence-electron chi connectivity index (χ4n) is 9.53. The number of hydrogen-bond donors (Lipinski definition) is 14. The van der Waals surface area contributed by atoms with E-state index in [4.69, 9.17) is 10.5 Å². The molecule has 0 spiro atoms. The number of carbonyl (C=O) groups excluding carboxylic acids is 12. The van der Waals surface area contributed by atoms with Crippen LogP contribution in [0.25, 0.3) is 0 Å². The average molecular weight is 1280 g/mol. The number of primary amides is 1. The summed E-state index contributed by atoms with van der Waals surface area (Å²) in [4.78, 5) is 177. The van der Waals surface area contributed by atoms with Crippen molar-refractivity contribution in [2.45, 2.75) is 193 Å². The number of carbonyl (C=O) groups is 12. The van der Waals surface area contributed by atoms with Gasteiger partial charge in [0.15, 0.2) is 0 Å². The van der Waals surface area contributed by atoms with Gasteiger partial charge >= 0.3 is 5.97 Å². The maximum atomic E-state index is 14.4. The van der Waals surface area contributed by atoms with Crippen LogP contribution < -0.4 is 64.2 Å². The van der Waals surface area contributed by atoms with E-state index in [9.17, 15) is 77.9 Å². The smallest absolute Gasteiger partial charge is 0.329 e. The fourth-order valence-corrected chi connectivity index (χ4v) is 9.53. The summed E-state index contributed by atoms with van der Waals surface area (Å²) in [7, 11) is 1.59. The van der Waals surface area contributed by atoms with E-state index in [0.717, 1.165) is 5.56 Å². The van der Waals surface area contributed by atoms with E-state index in [1.807, 2.05) is 30.3 Å². The van der Waals surface area contributed by atoms with Gasteiger partial charge in [0, 0.05) is 25.0 Å². The van der Waals surface area contributed by atoms with Gasteiger partial charge in [-0.1, -0.05) is 124 Å². The standard InChI is InChI=1S/C61H93N13O17/c1-12-31(5)46(70-53(80)41(63-11)27-37-19-17-16-18-20-37)57(84)67-43(29-75)55(82)65-40(25-26-45(62)77)52(79)69-48(33(7)14-3)59(86)71-47(32(6)13-2)58(85)68-44(30-76)56(83)73-50-36(10)91-61(88)49(34(8)15-4)72-54(81)42(66-51(78)35(9)64-60(50)87)28-38-21-23-39(24-22-38)74(89)90/h16-24,31-36,40-44,46-50,63,75-76H,12-15,25-30H2,1-11H3,(H2,62,77)(H,64,87)(H,65,82)(H,66,78)(H,67,84)(H,68,85)(H,69,79)(H,70,80)(H,71,86)(H,72,81)(H,73,83)/t31-,32-,33+,34-,35-,36-,40+,41+,42-,43-,44-,46-,47-,48+,49-,50+/m0/s1. The first-order chi connectivity index (χ1) is 43.0. The van der Waals surface area contributed by atoms with Gasteiger partial charge in [-0.15, -0.1) is 0 Å². The lowest BCUT2D eigenvalue weighted by Gasteiger charge is -2.31. The number of nitrogens with zero attached hydrogens (tertiary/aromatic N) is 1. The number of hydrogen-bond acceptors (Lipinski definition) is 18. The number of benzene rings is 2. The Morgan fingerprint density at radius 1 is 0.593 bits per heavy atom. The Kier molecular flexibility index (Phi) is 31.6. The van der Waals surface area contributed by atoms with Gasteiger partial charge in [-0.2, -0.15) is 0 Å². The van der Waals surface area contributed by atoms with Gasteiger partial charge in [0.25, 0.3) is 5.69 Å². The SMILES string of the molecule is CC[C@@H](C)[C@@H](NC(=O)[C@@H](CCC(N)=O)NC(=O)[C@H](CO)NC(=O)[C@@H](NC(=O)[C@@H](Cc1ccccc1)NC)[C@@H](C)CC)C(=O)N[C@H](C(=O)N[C@@H](CO)C(=O)N[C@H]1C(=O)N[C@@H](C)C(=O)N[C@@H](Cc2ccc([N+](=O)[O-])cc2)C(=O)N[C@@H]([C@@H](C)CC)C(=O)O[C@H]1C)[C@@H](C)CC. The zero-order chi connectivity index (χ0) is 68.4. The van der Waals surface area contributed by atoms with Crippen LogP contribution in [0.3, 0.4) is 0 Å². The molecule has 16 atom stereocenters. The highest BCUT2D eigenvalue weighted by Gasteiger charge is 2.41. The van der Waals surface area contributed by atoms with E-state index in [-0.39, 0.29) is 24.9 Å². The van der Waals surface area contributed by atoms with Crippen LogP contribution in [0.5, 0.6) is 0 Å². The quantitative estimate of drug-likeness (QED) is 0.0213. The third-order valence-electron chi connectivity index (χ3n) is 16.4. The van der Waals surface area contributed by atoms with Gasteiger partial charge in [0.1, 0.15) is 66.5 Å². The molecule has 0 radical (unpaired) electrons. The van der Waals surface area contributed by atoms with Crippen molar-refractivity contribution in [2.75, 3.05) is 20.3 Å². The molecule has 504 valence electrons. The Morgan fingerprint density at radius 3 is 1.54 bits per heavy atom. The van der Waals surface area contributed by atoms with Crippen molar-refractivity contribution in [1.29, 1.82) is 0 Å². The van der Waals surface area contributed by atoms with Crippen molar-refractivity contribution in [2.24, 2.45) is 29.4 Å². The summed E-state index contributed by atoms with van der Waals surface area (Å²) in [6.45, 7) is 13.9. The van der Waals surface area contributed by atoms with Crippen LogP contribution in [-0.2, 0) is 75.1 Å². The van der Waals surface area contributed by atoms with Crippen molar-refractivity contribution in [1.82, 2.24) is 58.5 Å². The molecule has 0 saturated carbocycles. The Labute approximate surface area is 529 Å². The van der Waals surface area contributed by atoms with E-state index in [1.54, 1.807) is 62.4 Å². The number of non-ortho nitro benzene ring substituents is 1. The number of nitrogens with two attached hydrogens (primary N) is 1. The first-order valence-corrected chi connectivity index (χ1v) is 30.7. The molecular formula is C61H93N13O17. The maximum absolute atomic E-state index is 14.4. The number of aliphatic hydroxyl groups excluding tert-OH is 2. The van der Waals surface area contributed by atoms with Gasteiger partial charge in [0.05, 0.1) is 24.2 Å². The topological polar surface area (TPSA) is 456 Å². The molecule has 0 aromatic heterocycles. The van der Waals surface area contributed by atoms with E-state index in [1.165, 1.54) is 38.1 Å². The molecule has 1 fully saturated rings. The highest BCUT2D eigenvalue weighted by Crippen LogP contribution is 2.19. The molecule has 91 heavy (non-hydrogen) atoms. The molecular weight excluding hydrogens is 1190 g/mol. The molecule has 1 heterocycles. The van der Waals surface area contributed by atoms with Crippen LogP contribution in [0, 0.1) is 33.8 Å². The lowest BCUT2D eigenvalue weighted by molar-refractivity contribution is -0.384. The Hall–Kier alpha value is -8.64. The van der Waals surface area contributed by atoms with Crippen LogP contribution in [-0.4, -0.2) is 179 Å². The molecule has 0 unspecified atom stereocenters. The minimum absolute atomic E-state index is 0.197. The van der Waals surface area contributed by atoms with Gasteiger partial charge in [-0.25, -0.2) is 4.79 Å². The van der Waals surface area contributed by atoms with Crippen LogP contribution in [0.2, 0.25) is 0 Å². The van der Waals surface area contributed by atoms with Gasteiger partial charge < -0.3 is 79.2 Å². The molecule has 3 rings (SSSR count). The molecule has 11 amide bonds. The second-order valence-corrected chi connectivity index (χ2v) is 23.1. The highest BCUT2D eigenvalue weighted by atomic mass is 16.6. The minimum Gasteiger partial charge on any atom is -0.458 e. The average Bonchev–Trinajstić information content (AvgIpc) is 1.91. The van der Waals surface area contributed by atoms with E-state index in [2.05, 4.69) is 58.5 Å². The number of cyclic esters (lactones) is 1. The molecule has 0 bridgehead atoms. The van der Waals surface area contributed by atoms with Crippen molar-refractivity contribution in [3.63, 3.8) is 0 Å². The predicted octanol–water partition coefficient (Wildman–Crippen LogP) is -1.78. The third-order valence-corrected chi connectivity index (χ3v) is 16.4. The van der Waals surface area contributed by atoms with Crippen molar-refractivity contribution in [3.8, 4) is 0 Å². The Balaban J connectivity index is 1.86. The molecule has 30 heteroatoms. The lowest BCUT2D eigenvalue weighted by atomic mass is 9.94. The van der Waals surface area contributed by atoms with Crippen LogP contribution in [0.1, 0.15) is 119 Å². The molecule has 2 aromatic carbocycles. The molecule has 0 aliphatic carbocycles. The summed E-state index contributed by atoms with van der Waals surface area (Å²) >= 11 is 0. The van der Waals surface area contributed by atoms with E-state index < -0.39 is 198 Å². The van der Waals surface area contributed by atoms with Crippen LogP contribution in [0.15, 0.2) is 54.6 Å². The molecule has 1 saturated heterocycles. The first kappa shape index (κ1) is 76.6. The lowest BCUT2D eigenvalue weighted by Crippen LogP contribution is -2.63. The van der Waals surface area contributed by atoms with E-state index >= 15 is 0 Å². The molecule has 1 aliphatic heterocycles. The fraction of sp³-hybridized carbons (Fsp3) is 0.607. The monoisotopic (exact) mass is 1280 g/mol. The number of rotatable bonds is 33. The predicted molar refractivity (Wildman–Crippen MR) is 331 cm³/mol. The number of nitro groups is 1. The number of nitrogens with one attached hydrogen (secondary N) is 11. The minimum atomic E-state index is -1.85. The zero-order valence-corrected chi connectivity index (χ0v) is 53.5. The van der Waals surface area contributed by atoms with Crippen LogP contribution >= 0.6 is 0 Å². The number of amides is 11. The summed E-state index contributed by atoms with van der Waals surface area (Å²) in [6, 6.07) is -1.64. The second-order valence-electron chi connectivity index (χ2n) is 23.1. The molecule has 1 aliphatic rings. The first-order valence-electron chi connectivity index (χ1n) is 30.7. The summed E-state index contributed by atoms with van der Waals surface area (Å²) in [5, 5.41) is 60.4. The normalized spacial score (nSPS) is 20.7. The van der Waals surface area contributed by atoms with Gasteiger partial charge in [-0.05, 0) is 68.5 Å². The number of aliphatic hydroxyl groups is 2. The van der Waals surface area contributed by atoms with Crippen molar-refractivity contribution in [3.05, 3.63) is 75.8 Å².